The Morgan fingerprint density at radius 3 is 2.57 bits per heavy atom. The minimum absolute atomic E-state index is 0.0906. The van der Waals surface area contributed by atoms with Gasteiger partial charge in [0.05, 0.1) is 11.5 Å². The van der Waals surface area contributed by atoms with E-state index in [4.69, 9.17) is 0 Å². The number of aryl methyl sites for hydroxylation is 2. The van der Waals surface area contributed by atoms with Gasteiger partial charge in [0.2, 0.25) is 0 Å². The van der Waals surface area contributed by atoms with Gasteiger partial charge in [-0.3, -0.25) is 19.5 Å². The van der Waals surface area contributed by atoms with Gasteiger partial charge in [0.1, 0.15) is 0 Å². The molecule has 0 aliphatic carbocycles. The van der Waals surface area contributed by atoms with E-state index in [-0.39, 0.29) is 17.8 Å². The van der Waals surface area contributed by atoms with Crippen LogP contribution in [-0.4, -0.2) is 25.6 Å². The maximum absolute atomic E-state index is 12.8. The zero-order chi connectivity index (χ0) is 24.9. The minimum atomic E-state index is -0.491. The summed E-state index contributed by atoms with van der Waals surface area (Å²) in [7, 11) is 0. The number of nitro groups is 1. The third-order valence-electron chi connectivity index (χ3n) is 5.32. The van der Waals surface area contributed by atoms with Crippen LogP contribution in [0.3, 0.4) is 0 Å². The molecule has 0 unspecified atom stereocenters. The second-order valence-corrected chi connectivity index (χ2v) is 9.79. The fraction of sp³-hybridized carbons (Fsp3) is 0.160. The fourth-order valence-corrected chi connectivity index (χ4v) is 4.66. The van der Waals surface area contributed by atoms with Crippen LogP contribution in [0.15, 0.2) is 76.4 Å². The summed E-state index contributed by atoms with van der Waals surface area (Å²) >= 11 is 5.00. The van der Waals surface area contributed by atoms with Gasteiger partial charge in [-0.1, -0.05) is 58.0 Å². The van der Waals surface area contributed by atoms with E-state index in [1.54, 1.807) is 30.8 Å². The molecule has 1 amide bonds. The summed E-state index contributed by atoms with van der Waals surface area (Å²) in [6, 6.07) is 20.5. The normalized spacial score (nSPS) is 10.8. The number of nitro benzene ring substituents is 1. The van der Waals surface area contributed by atoms with Gasteiger partial charge < -0.3 is 5.32 Å². The van der Waals surface area contributed by atoms with Gasteiger partial charge in [-0.05, 0) is 55.3 Å². The van der Waals surface area contributed by atoms with Crippen molar-refractivity contribution in [2.75, 3.05) is 0 Å². The Balaban J connectivity index is 1.57. The van der Waals surface area contributed by atoms with Crippen molar-refractivity contribution in [1.82, 2.24) is 20.1 Å². The summed E-state index contributed by atoms with van der Waals surface area (Å²) in [5.41, 5.74) is 3.75. The monoisotopic (exact) mass is 551 g/mol. The van der Waals surface area contributed by atoms with Crippen LogP contribution in [-0.2, 0) is 12.3 Å². The molecule has 0 bridgehead atoms. The molecule has 3 aromatic carbocycles. The van der Waals surface area contributed by atoms with Gasteiger partial charge in [0, 0.05) is 33.1 Å². The number of benzene rings is 3. The van der Waals surface area contributed by atoms with E-state index in [1.807, 2.05) is 60.0 Å². The van der Waals surface area contributed by atoms with E-state index >= 15 is 0 Å². The highest BCUT2D eigenvalue weighted by Crippen LogP contribution is 2.26. The molecule has 0 aliphatic heterocycles. The molecular formula is C25H22BrN5O3S. The number of rotatable bonds is 8. The number of carbonyl (C=O) groups is 1. The van der Waals surface area contributed by atoms with Crippen molar-refractivity contribution in [3.63, 3.8) is 0 Å². The first-order chi connectivity index (χ1) is 16.8. The number of nitrogens with one attached hydrogen (secondary N) is 1. The van der Waals surface area contributed by atoms with Crippen LogP contribution in [0, 0.1) is 24.0 Å². The van der Waals surface area contributed by atoms with E-state index < -0.39 is 10.8 Å². The summed E-state index contributed by atoms with van der Waals surface area (Å²) in [4.78, 5) is 23.5. The van der Waals surface area contributed by atoms with Gasteiger partial charge in [0.15, 0.2) is 11.0 Å². The molecule has 4 aromatic rings. The number of carbonyl (C=O) groups excluding carboxylic acids is 1. The summed E-state index contributed by atoms with van der Waals surface area (Å²) in [5, 5.41) is 23.5. The van der Waals surface area contributed by atoms with Crippen LogP contribution in [0.25, 0.3) is 5.69 Å². The lowest BCUT2D eigenvalue weighted by Crippen LogP contribution is -2.24. The lowest BCUT2D eigenvalue weighted by molar-refractivity contribution is -0.385. The Morgan fingerprint density at radius 2 is 1.86 bits per heavy atom. The predicted molar refractivity (Wildman–Crippen MR) is 139 cm³/mol. The number of hydrogen-bond donors (Lipinski definition) is 1. The van der Waals surface area contributed by atoms with Crippen molar-refractivity contribution >= 4 is 39.3 Å². The first kappa shape index (κ1) is 24.6. The van der Waals surface area contributed by atoms with Gasteiger partial charge >= 0.3 is 0 Å². The highest BCUT2D eigenvalue weighted by Gasteiger charge is 2.18. The topological polar surface area (TPSA) is 103 Å². The summed E-state index contributed by atoms with van der Waals surface area (Å²) < 4.78 is 2.94. The van der Waals surface area contributed by atoms with Gasteiger partial charge in [-0.15, -0.1) is 10.2 Å². The zero-order valence-electron chi connectivity index (χ0n) is 19.1. The molecule has 0 fully saturated rings. The molecule has 35 heavy (non-hydrogen) atoms. The molecule has 1 aromatic heterocycles. The molecule has 0 saturated heterocycles. The van der Waals surface area contributed by atoms with Crippen molar-refractivity contribution in [3.8, 4) is 5.69 Å². The van der Waals surface area contributed by atoms with Crippen LogP contribution in [0.5, 0.6) is 0 Å². The second kappa shape index (κ2) is 10.8. The summed E-state index contributed by atoms with van der Waals surface area (Å²) in [6.45, 7) is 3.76. The Morgan fingerprint density at radius 1 is 1.09 bits per heavy atom. The quantitative estimate of drug-likeness (QED) is 0.169. The average Bonchev–Trinajstić information content (AvgIpc) is 3.25. The minimum Gasteiger partial charge on any atom is -0.345 e. The molecular weight excluding hydrogens is 530 g/mol. The van der Waals surface area contributed by atoms with Crippen molar-refractivity contribution in [1.29, 1.82) is 0 Å². The van der Waals surface area contributed by atoms with Crippen LogP contribution in [0.4, 0.5) is 5.69 Å². The molecule has 0 aliphatic rings. The lowest BCUT2D eigenvalue weighted by atomic mass is 10.1. The molecule has 1 N–H and O–H groups in total. The number of amides is 1. The predicted octanol–water partition coefficient (Wildman–Crippen LogP) is 5.78. The molecule has 10 heteroatoms. The number of aromatic nitrogens is 3. The number of hydrogen-bond acceptors (Lipinski definition) is 6. The maximum Gasteiger partial charge on any atom is 0.273 e. The third-order valence-corrected chi connectivity index (χ3v) is 6.85. The van der Waals surface area contributed by atoms with E-state index in [0.29, 0.717) is 22.3 Å². The molecule has 0 atom stereocenters. The fourth-order valence-electron chi connectivity index (χ4n) is 3.47. The number of halogens is 1. The first-order valence-electron chi connectivity index (χ1n) is 10.7. The highest BCUT2D eigenvalue weighted by atomic mass is 79.9. The Bertz CT molecular complexity index is 1390. The standard InChI is InChI=1S/C25H22BrN5O3S/c1-16-4-3-5-21(12-16)30-23(28-29-25(30)35-15-18-7-10-20(26)11-8-18)14-27-24(32)19-9-6-17(2)22(13-19)31(33)34/h3-13H,14-15H2,1-2H3,(H,27,32). The zero-order valence-corrected chi connectivity index (χ0v) is 21.5. The first-order valence-corrected chi connectivity index (χ1v) is 12.5. The van der Waals surface area contributed by atoms with Crippen LogP contribution in [0.2, 0.25) is 0 Å². The van der Waals surface area contributed by atoms with Gasteiger partial charge in [-0.25, -0.2) is 0 Å². The van der Waals surface area contributed by atoms with Crippen molar-refractivity contribution in [2.24, 2.45) is 0 Å². The summed E-state index contributed by atoms with van der Waals surface area (Å²) in [6.07, 6.45) is 0. The lowest BCUT2D eigenvalue weighted by Gasteiger charge is -2.12. The van der Waals surface area contributed by atoms with Crippen LogP contribution < -0.4 is 5.32 Å². The summed E-state index contributed by atoms with van der Waals surface area (Å²) in [5.74, 6) is 0.844. The number of thioether (sulfide) groups is 1. The largest absolute Gasteiger partial charge is 0.345 e. The highest BCUT2D eigenvalue weighted by molar-refractivity contribution is 9.10. The van der Waals surface area contributed by atoms with Crippen LogP contribution in [0.1, 0.15) is 32.9 Å². The Hall–Kier alpha value is -3.50. The smallest absolute Gasteiger partial charge is 0.273 e. The molecule has 4 rings (SSSR count). The maximum atomic E-state index is 12.8. The van der Waals surface area contributed by atoms with E-state index in [1.165, 1.54) is 6.07 Å². The molecule has 0 spiro atoms. The second-order valence-electron chi connectivity index (χ2n) is 7.93. The average molecular weight is 552 g/mol. The van der Waals surface area contributed by atoms with Crippen molar-refractivity contribution < 1.29 is 9.72 Å². The van der Waals surface area contributed by atoms with E-state index in [9.17, 15) is 14.9 Å². The SMILES string of the molecule is Cc1cccc(-n2c(CNC(=O)c3ccc(C)c([N+](=O)[O-])c3)nnc2SCc2ccc(Br)cc2)c1. The van der Waals surface area contributed by atoms with Gasteiger partial charge in [0.25, 0.3) is 11.6 Å². The molecule has 1 heterocycles. The Labute approximate surface area is 215 Å². The molecule has 8 nitrogen and oxygen atoms in total. The van der Waals surface area contributed by atoms with E-state index in [0.717, 1.165) is 21.3 Å². The molecule has 0 saturated carbocycles. The van der Waals surface area contributed by atoms with Gasteiger partial charge in [-0.2, -0.15) is 0 Å². The van der Waals surface area contributed by atoms with Crippen molar-refractivity contribution in [3.05, 3.63) is 109 Å². The third kappa shape index (κ3) is 5.95. The molecule has 0 radical (unpaired) electrons. The molecule has 178 valence electrons. The van der Waals surface area contributed by atoms with Crippen molar-refractivity contribution in [2.45, 2.75) is 31.3 Å². The van der Waals surface area contributed by atoms with E-state index in [2.05, 4.69) is 31.4 Å². The van der Waals surface area contributed by atoms with Crippen LogP contribution >= 0.6 is 27.7 Å². The number of nitrogens with zero attached hydrogens (tertiary/aromatic N) is 4. The Kier molecular flexibility index (Phi) is 7.62.